The third kappa shape index (κ3) is 3.01. The summed E-state index contributed by atoms with van der Waals surface area (Å²) < 4.78 is 0. The van der Waals surface area contributed by atoms with Gasteiger partial charge in [-0.1, -0.05) is 24.3 Å². The molecule has 0 aliphatic rings. The van der Waals surface area contributed by atoms with Crippen LogP contribution < -0.4 is 5.32 Å². The van der Waals surface area contributed by atoms with E-state index in [1.165, 1.54) is 12.1 Å². The van der Waals surface area contributed by atoms with E-state index in [1.807, 2.05) is 13.0 Å². The molecule has 0 saturated heterocycles. The van der Waals surface area contributed by atoms with Crippen LogP contribution in [0, 0.1) is 17.0 Å². The molecular weight excluding hydrogens is 244 g/mol. The summed E-state index contributed by atoms with van der Waals surface area (Å²) >= 11 is 0. The van der Waals surface area contributed by atoms with Gasteiger partial charge in [-0.25, -0.2) is 0 Å². The second-order valence-corrected chi connectivity index (χ2v) is 4.24. The predicted octanol–water partition coefficient (Wildman–Crippen LogP) is 3.22. The third-order valence-corrected chi connectivity index (χ3v) is 2.89. The van der Waals surface area contributed by atoms with Gasteiger partial charge in [0.1, 0.15) is 5.75 Å². The molecule has 5 heteroatoms. The number of non-ortho nitro benzene ring substituents is 1. The molecule has 0 bridgehead atoms. The van der Waals surface area contributed by atoms with Gasteiger partial charge in [0.15, 0.2) is 0 Å². The van der Waals surface area contributed by atoms with E-state index < -0.39 is 4.92 Å². The van der Waals surface area contributed by atoms with Crippen molar-refractivity contribution in [1.82, 2.24) is 0 Å². The van der Waals surface area contributed by atoms with Gasteiger partial charge in [-0.05, 0) is 18.6 Å². The Morgan fingerprint density at radius 1 is 1.26 bits per heavy atom. The van der Waals surface area contributed by atoms with Crippen molar-refractivity contribution in [2.45, 2.75) is 13.5 Å². The number of nitrogens with one attached hydrogen (secondary N) is 1. The zero-order chi connectivity index (χ0) is 13.8. The number of aromatic hydroxyl groups is 1. The van der Waals surface area contributed by atoms with Gasteiger partial charge in [0, 0.05) is 29.9 Å². The second kappa shape index (κ2) is 5.39. The Morgan fingerprint density at radius 3 is 2.68 bits per heavy atom. The standard InChI is InChI=1S/C14H14N2O3/c1-10-6-7-12(16(18)19)8-13(10)15-9-11-4-2-3-5-14(11)17/h2-8,15,17H,9H2,1H3. The molecule has 98 valence electrons. The Bertz CT molecular complexity index is 611. The first-order valence-corrected chi connectivity index (χ1v) is 5.83. The molecule has 19 heavy (non-hydrogen) atoms. The van der Waals surface area contributed by atoms with Gasteiger partial charge in [-0.2, -0.15) is 0 Å². The van der Waals surface area contributed by atoms with Crippen LogP contribution in [0.25, 0.3) is 0 Å². The number of nitro groups is 1. The highest BCUT2D eigenvalue weighted by atomic mass is 16.6. The maximum Gasteiger partial charge on any atom is 0.271 e. The van der Waals surface area contributed by atoms with Crippen molar-refractivity contribution in [1.29, 1.82) is 0 Å². The Morgan fingerprint density at radius 2 is 2.00 bits per heavy atom. The van der Waals surface area contributed by atoms with Crippen molar-refractivity contribution in [2.75, 3.05) is 5.32 Å². The lowest BCUT2D eigenvalue weighted by Crippen LogP contribution is -2.02. The molecule has 0 unspecified atom stereocenters. The quantitative estimate of drug-likeness (QED) is 0.652. The predicted molar refractivity (Wildman–Crippen MR) is 73.3 cm³/mol. The summed E-state index contributed by atoms with van der Waals surface area (Å²) in [6.45, 7) is 2.28. The molecule has 0 amide bonds. The molecule has 5 nitrogen and oxygen atoms in total. The summed E-state index contributed by atoms with van der Waals surface area (Å²) in [4.78, 5) is 10.3. The van der Waals surface area contributed by atoms with E-state index in [4.69, 9.17) is 0 Å². The monoisotopic (exact) mass is 258 g/mol. The molecule has 0 saturated carbocycles. The van der Waals surface area contributed by atoms with Crippen molar-refractivity contribution in [3.63, 3.8) is 0 Å². The molecule has 0 aliphatic heterocycles. The maximum absolute atomic E-state index is 10.7. The minimum Gasteiger partial charge on any atom is -0.508 e. The minimum absolute atomic E-state index is 0.0467. The second-order valence-electron chi connectivity index (χ2n) is 4.24. The van der Waals surface area contributed by atoms with Crippen molar-refractivity contribution in [3.05, 3.63) is 63.7 Å². The Hall–Kier alpha value is -2.56. The molecule has 0 aromatic heterocycles. The number of aryl methyl sites for hydroxylation is 1. The Labute approximate surface area is 110 Å². The fraction of sp³-hybridized carbons (Fsp3) is 0.143. The fourth-order valence-electron chi connectivity index (χ4n) is 1.76. The molecule has 0 spiro atoms. The highest BCUT2D eigenvalue weighted by Crippen LogP contribution is 2.23. The number of hydrogen-bond acceptors (Lipinski definition) is 4. The van der Waals surface area contributed by atoms with Crippen LogP contribution in [0.2, 0.25) is 0 Å². The molecule has 0 fully saturated rings. The van der Waals surface area contributed by atoms with Gasteiger partial charge in [0.2, 0.25) is 0 Å². The molecule has 0 heterocycles. The van der Waals surface area contributed by atoms with Gasteiger partial charge in [-0.3, -0.25) is 10.1 Å². The van der Waals surface area contributed by atoms with Crippen LogP contribution in [-0.4, -0.2) is 10.0 Å². The number of benzene rings is 2. The first-order valence-electron chi connectivity index (χ1n) is 5.83. The van der Waals surface area contributed by atoms with Gasteiger partial charge >= 0.3 is 0 Å². The molecule has 0 radical (unpaired) electrons. The number of hydrogen-bond donors (Lipinski definition) is 2. The minimum atomic E-state index is -0.426. The van der Waals surface area contributed by atoms with E-state index in [1.54, 1.807) is 24.3 Å². The highest BCUT2D eigenvalue weighted by molar-refractivity contribution is 5.57. The SMILES string of the molecule is Cc1ccc([N+](=O)[O-])cc1NCc1ccccc1O. The zero-order valence-corrected chi connectivity index (χ0v) is 10.5. The van der Waals surface area contributed by atoms with Crippen LogP contribution in [0.3, 0.4) is 0 Å². The number of para-hydroxylation sites is 1. The molecule has 0 atom stereocenters. The first-order chi connectivity index (χ1) is 9.08. The number of phenolic OH excluding ortho intramolecular Hbond substituents is 1. The summed E-state index contributed by atoms with van der Waals surface area (Å²) in [6, 6.07) is 11.7. The number of anilines is 1. The van der Waals surface area contributed by atoms with Crippen LogP contribution in [0.4, 0.5) is 11.4 Å². The first kappa shape index (κ1) is 12.9. The smallest absolute Gasteiger partial charge is 0.271 e. The summed E-state index contributed by atoms with van der Waals surface area (Å²) in [6.07, 6.45) is 0. The summed E-state index contributed by atoms with van der Waals surface area (Å²) in [5, 5.41) is 23.5. The number of phenols is 1. The number of nitrogens with zero attached hydrogens (tertiary/aromatic N) is 1. The van der Waals surface area contributed by atoms with Crippen LogP contribution in [-0.2, 0) is 6.54 Å². The van der Waals surface area contributed by atoms with Crippen LogP contribution in [0.5, 0.6) is 5.75 Å². The molecule has 2 N–H and O–H groups in total. The van der Waals surface area contributed by atoms with E-state index >= 15 is 0 Å². The molecular formula is C14H14N2O3. The Kier molecular flexibility index (Phi) is 3.66. The third-order valence-electron chi connectivity index (χ3n) is 2.89. The fourth-order valence-corrected chi connectivity index (χ4v) is 1.76. The van der Waals surface area contributed by atoms with Gasteiger partial charge in [-0.15, -0.1) is 0 Å². The van der Waals surface area contributed by atoms with Crippen LogP contribution in [0.1, 0.15) is 11.1 Å². The lowest BCUT2D eigenvalue weighted by Gasteiger charge is -2.10. The highest BCUT2D eigenvalue weighted by Gasteiger charge is 2.08. The molecule has 2 aromatic carbocycles. The van der Waals surface area contributed by atoms with Crippen molar-refractivity contribution in [2.24, 2.45) is 0 Å². The maximum atomic E-state index is 10.7. The number of rotatable bonds is 4. The lowest BCUT2D eigenvalue weighted by atomic mass is 10.1. The van der Waals surface area contributed by atoms with E-state index in [0.29, 0.717) is 12.2 Å². The summed E-state index contributed by atoms with van der Waals surface area (Å²) in [7, 11) is 0. The topological polar surface area (TPSA) is 75.4 Å². The van der Waals surface area contributed by atoms with Gasteiger partial charge in [0.25, 0.3) is 5.69 Å². The van der Waals surface area contributed by atoms with Gasteiger partial charge < -0.3 is 10.4 Å². The largest absolute Gasteiger partial charge is 0.508 e. The van der Waals surface area contributed by atoms with E-state index in [9.17, 15) is 15.2 Å². The van der Waals surface area contributed by atoms with Crippen molar-refractivity contribution >= 4 is 11.4 Å². The van der Waals surface area contributed by atoms with Crippen molar-refractivity contribution in [3.8, 4) is 5.75 Å². The van der Waals surface area contributed by atoms with Crippen LogP contribution in [0.15, 0.2) is 42.5 Å². The Balaban J connectivity index is 2.17. The van der Waals surface area contributed by atoms with Crippen LogP contribution >= 0.6 is 0 Å². The number of nitro benzene ring substituents is 1. The van der Waals surface area contributed by atoms with Gasteiger partial charge in [0.05, 0.1) is 4.92 Å². The molecule has 2 rings (SSSR count). The summed E-state index contributed by atoms with van der Waals surface area (Å²) in [5.74, 6) is 0.207. The average Bonchev–Trinajstić information content (AvgIpc) is 2.39. The van der Waals surface area contributed by atoms with E-state index in [-0.39, 0.29) is 11.4 Å². The summed E-state index contributed by atoms with van der Waals surface area (Å²) in [5.41, 5.74) is 2.40. The van der Waals surface area contributed by atoms with E-state index in [2.05, 4.69) is 5.32 Å². The zero-order valence-electron chi connectivity index (χ0n) is 10.5. The normalized spacial score (nSPS) is 10.2. The molecule has 0 aliphatic carbocycles. The van der Waals surface area contributed by atoms with E-state index in [0.717, 1.165) is 11.1 Å². The lowest BCUT2D eigenvalue weighted by molar-refractivity contribution is -0.384. The average molecular weight is 258 g/mol. The van der Waals surface area contributed by atoms with Crippen molar-refractivity contribution < 1.29 is 10.0 Å². The molecule has 2 aromatic rings.